The summed E-state index contributed by atoms with van der Waals surface area (Å²) in [6, 6.07) is 0. The van der Waals surface area contributed by atoms with Gasteiger partial charge in [-0.25, -0.2) is 0 Å². The molecule has 0 aromatic rings. The van der Waals surface area contributed by atoms with Gasteiger partial charge < -0.3 is 9.05 Å². The maximum Gasteiger partial charge on any atom is 0.315 e. The van der Waals surface area contributed by atoms with Crippen LogP contribution in [0.2, 0.25) is 0 Å². The Kier molecular flexibility index (Phi) is 9.14. The molecule has 0 aromatic carbocycles. The lowest BCUT2D eigenvalue weighted by Gasteiger charge is -2.30. The second-order valence-corrected chi connectivity index (χ2v) is 11.6. The summed E-state index contributed by atoms with van der Waals surface area (Å²) in [5, 5.41) is 0. The summed E-state index contributed by atoms with van der Waals surface area (Å²) in [4.78, 5) is 0. The van der Waals surface area contributed by atoms with Crippen molar-refractivity contribution in [3.05, 3.63) is 0 Å². The number of rotatable bonds is 8. The highest BCUT2D eigenvalue weighted by atomic mass is 31.1. The molecule has 0 radical (unpaired) electrons. The Balaban J connectivity index is 4.42. The highest BCUT2D eigenvalue weighted by molar-refractivity contribution is 7.54. The highest BCUT2D eigenvalue weighted by Gasteiger charge is 2.27. The Labute approximate surface area is 115 Å². The topological polar surface area (TPSA) is 18.5 Å². The van der Waals surface area contributed by atoms with Crippen molar-refractivity contribution in [2.24, 2.45) is 0 Å². The Hall–Kier alpha value is 0.710. The molecule has 110 valence electrons. The van der Waals surface area contributed by atoms with E-state index in [-0.39, 0.29) is 0 Å². The largest absolute Gasteiger partial charge is 0.315 e. The lowest BCUT2D eigenvalue weighted by molar-refractivity contribution is -0.0874. The van der Waals surface area contributed by atoms with E-state index in [0.29, 0.717) is 22.6 Å². The van der Waals surface area contributed by atoms with Gasteiger partial charge in [-0.05, 0) is 22.6 Å². The van der Waals surface area contributed by atoms with Crippen LogP contribution in [0.3, 0.4) is 0 Å². The molecule has 0 saturated heterocycles. The van der Waals surface area contributed by atoms with Crippen molar-refractivity contribution >= 4 is 16.3 Å². The van der Waals surface area contributed by atoms with Crippen LogP contribution in [0.1, 0.15) is 55.4 Å². The van der Waals surface area contributed by atoms with E-state index in [0.717, 1.165) is 0 Å². The van der Waals surface area contributed by atoms with Crippen LogP contribution in [-0.4, -0.2) is 29.2 Å². The van der Waals surface area contributed by atoms with Gasteiger partial charge in [0.25, 0.3) is 0 Å². The van der Waals surface area contributed by atoms with E-state index in [1.807, 2.05) is 0 Å². The molecule has 0 atom stereocenters. The molecule has 18 heavy (non-hydrogen) atoms. The van der Waals surface area contributed by atoms with E-state index >= 15 is 0 Å². The zero-order valence-electron chi connectivity index (χ0n) is 13.0. The molecule has 0 fully saturated rings. The molecule has 0 aliphatic rings. The van der Waals surface area contributed by atoms with E-state index in [2.05, 4.69) is 55.4 Å². The van der Waals surface area contributed by atoms with Gasteiger partial charge in [0.15, 0.2) is 0 Å². The summed E-state index contributed by atoms with van der Waals surface area (Å²) in [7, 11) is -1.55. The van der Waals surface area contributed by atoms with Crippen molar-refractivity contribution in [2.75, 3.05) is 0 Å². The van der Waals surface area contributed by atoms with Gasteiger partial charge in [-0.2, -0.15) is 4.39 Å². The number of hydrogen-bond acceptors (Lipinski definition) is 2. The first kappa shape index (κ1) is 18.7. The van der Waals surface area contributed by atoms with Gasteiger partial charge in [-0.1, -0.05) is 55.4 Å². The maximum absolute atomic E-state index is 13.9. The van der Waals surface area contributed by atoms with E-state index in [4.69, 9.17) is 9.05 Å². The Morgan fingerprint density at radius 1 is 0.611 bits per heavy atom. The molecule has 5 heteroatoms. The molecule has 2 nitrogen and oxygen atoms in total. The molecule has 0 rings (SSSR count). The normalized spacial score (nSPS) is 13.3. The standard InChI is InChI=1S/C13H29FO2P2/c1-9(2)17(10(3)4)15-13(14)16-18(11(5)6)12(7)8/h9-13H,1-8H3. The molecule has 0 unspecified atom stereocenters. The first-order valence-electron chi connectivity index (χ1n) is 6.71. The van der Waals surface area contributed by atoms with Gasteiger partial charge in [0.2, 0.25) is 0 Å². The molecule has 0 aliphatic heterocycles. The van der Waals surface area contributed by atoms with Gasteiger partial charge in [-0.15, -0.1) is 0 Å². The summed E-state index contributed by atoms with van der Waals surface area (Å²) in [5.74, 6) is 0. The van der Waals surface area contributed by atoms with E-state index in [1.54, 1.807) is 0 Å². The molecule has 0 heterocycles. The summed E-state index contributed by atoms with van der Waals surface area (Å²) in [5.41, 5.74) is 1.41. The lowest BCUT2D eigenvalue weighted by Crippen LogP contribution is -2.17. The van der Waals surface area contributed by atoms with Gasteiger partial charge >= 0.3 is 6.54 Å². The second kappa shape index (κ2) is 8.80. The van der Waals surface area contributed by atoms with Crippen LogP contribution in [0.5, 0.6) is 0 Å². The lowest BCUT2D eigenvalue weighted by atomic mass is 10.5. The third kappa shape index (κ3) is 6.75. The van der Waals surface area contributed by atoms with E-state index in [9.17, 15) is 4.39 Å². The minimum absolute atomic E-state index is 0.353. The molecule has 0 amide bonds. The average molecular weight is 298 g/mol. The third-order valence-electron chi connectivity index (χ3n) is 2.45. The number of halogens is 1. The molecule has 0 N–H and O–H groups in total. The van der Waals surface area contributed by atoms with Crippen LogP contribution < -0.4 is 0 Å². The Morgan fingerprint density at radius 2 is 0.833 bits per heavy atom. The van der Waals surface area contributed by atoms with Crippen molar-refractivity contribution in [1.82, 2.24) is 0 Å². The highest BCUT2D eigenvalue weighted by Crippen LogP contribution is 2.53. The van der Waals surface area contributed by atoms with Crippen LogP contribution in [-0.2, 0) is 9.05 Å². The molecule has 0 aliphatic carbocycles. The number of alkyl halides is 1. The molecule has 0 saturated carbocycles. The molecule has 0 spiro atoms. The van der Waals surface area contributed by atoms with Crippen molar-refractivity contribution in [1.29, 1.82) is 0 Å². The van der Waals surface area contributed by atoms with Crippen LogP contribution >= 0.6 is 16.3 Å². The van der Waals surface area contributed by atoms with E-state index < -0.39 is 22.8 Å². The van der Waals surface area contributed by atoms with Gasteiger partial charge in [-0.3, -0.25) is 0 Å². The fourth-order valence-corrected chi connectivity index (χ4v) is 5.79. The van der Waals surface area contributed by atoms with Crippen LogP contribution in [0.4, 0.5) is 4.39 Å². The smallest absolute Gasteiger partial charge is 0.302 e. The summed E-state index contributed by atoms with van der Waals surface area (Å²) in [6.07, 6.45) is 0. The quantitative estimate of drug-likeness (QED) is 0.422. The molecular weight excluding hydrogens is 269 g/mol. The third-order valence-corrected chi connectivity index (χ3v) is 7.34. The second-order valence-electron chi connectivity index (χ2n) is 5.58. The van der Waals surface area contributed by atoms with Crippen LogP contribution in [0.25, 0.3) is 0 Å². The minimum atomic E-state index is -1.57. The first-order valence-corrected chi connectivity index (χ1v) is 9.50. The van der Waals surface area contributed by atoms with Gasteiger partial charge in [0.05, 0.1) is 0 Å². The maximum atomic E-state index is 13.9. The predicted octanol–water partition coefficient (Wildman–Crippen LogP) is 5.70. The van der Waals surface area contributed by atoms with Crippen molar-refractivity contribution in [3.63, 3.8) is 0 Å². The van der Waals surface area contributed by atoms with Crippen LogP contribution in [0, 0.1) is 0 Å². The first-order chi connectivity index (χ1) is 8.16. The minimum Gasteiger partial charge on any atom is -0.302 e. The fourth-order valence-electron chi connectivity index (χ4n) is 1.89. The Morgan fingerprint density at radius 3 is 1.00 bits per heavy atom. The SMILES string of the molecule is CC(C)P(OC(F)OP(C(C)C)C(C)C)C(C)C. The molecule has 0 bridgehead atoms. The summed E-state index contributed by atoms with van der Waals surface area (Å²) in [6.45, 7) is 15.0. The fraction of sp³-hybridized carbons (Fsp3) is 1.00. The van der Waals surface area contributed by atoms with Crippen molar-refractivity contribution in [3.8, 4) is 0 Å². The molecular formula is C13H29FO2P2. The number of hydrogen-bond donors (Lipinski definition) is 0. The predicted molar refractivity (Wildman–Crippen MR) is 81.5 cm³/mol. The van der Waals surface area contributed by atoms with Crippen molar-refractivity contribution < 1.29 is 13.4 Å². The van der Waals surface area contributed by atoms with Crippen molar-refractivity contribution in [2.45, 2.75) is 84.6 Å². The van der Waals surface area contributed by atoms with Crippen LogP contribution in [0.15, 0.2) is 0 Å². The zero-order chi connectivity index (χ0) is 14.5. The van der Waals surface area contributed by atoms with Gasteiger partial charge in [0.1, 0.15) is 0 Å². The van der Waals surface area contributed by atoms with Gasteiger partial charge in [0, 0.05) is 16.3 Å². The summed E-state index contributed by atoms with van der Waals surface area (Å²) < 4.78 is 24.9. The average Bonchev–Trinajstić information content (AvgIpc) is 2.20. The molecule has 0 aromatic heterocycles. The summed E-state index contributed by atoms with van der Waals surface area (Å²) >= 11 is 0. The Bertz CT molecular complexity index is 185. The van der Waals surface area contributed by atoms with E-state index in [1.165, 1.54) is 0 Å². The zero-order valence-corrected chi connectivity index (χ0v) is 14.8. The monoisotopic (exact) mass is 298 g/mol.